The standard InChI is InChI=1S/C15H21NOSe/c1-3-5-12-16(4-2)15(17)11-13-18-14-9-7-6-8-10-14/h4,6-10H,2-3,5,11-13H2,1H3. The van der Waals surface area contributed by atoms with Gasteiger partial charge in [-0.25, -0.2) is 0 Å². The molecule has 0 atom stereocenters. The Morgan fingerprint density at radius 2 is 2.11 bits per heavy atom. The molecule has 0 radical (unpaired) electrons. The molecule has 0 fully saturated rings. The number of benzene rings is 1. The van der Waals surface area contributed by atoms with Crippen LogP contribution < -0.4 is 4.46 Å². The third-order valence-electron chi connectivity index (χ3n) is 2.62. The molecule has 0 spiro atoms. The minimum atomic E-state index is 0.205. The van der Waals surface area contributed by atoms with Crippen LogP contribution in [0.25, 0.3) is 0 Å². The molecular weight excluding hydrogens is 289 g/mol. The Morgan fingerprint density at radius 3 is 2.72 bits per heavy atom. The number of hydrogen-bond donors (Lipinski definition) is 0. The van der Waals surface area contributed by atoms with Crippen LogP contribution in [0.1, 0.15) is 26.2 Å². The Balaban J connectivity index is 2.29. The molecule has 18 heavy (non-hydrogen) atoms. The first-order valence-electron chi connectivity index (χ1n) is 6.37. The van der Waals surface area contributed by atoms with E-state index in [4.69, 9.17) is 0 Å². The van der Waals surface area contributed by atoms with Crippen LogP contribution in [0.3, 0.4) is 0 Å². The van der Waals surface area contributed by atoms with E-state index in [0.29, 0.717) is 21.4 Å². The van der Waals surface area contributed by atoms with E-state index in [9.17, 15) is 4.79 Å². The van der Waals surface area contributed by atoms with Gasteiger partial charge >= 0.3 is 116 Å². The van der Waals surface area contributed by atoms with Crippen LogP contribution in [-0.4, -0.2) is 32.3 Å². The Morgan fingerprint density at radius 1 is 1.39 bits per heavy atom. The molecule has 0 aromatic heterocycles. The quantitative estimate of drug-likeness (QED) is 0.676. The van der Waals surface area contributed by atoms with Gasteiger partial charge in [0, 0.05) is 0 Å². The van der Waals surface area contributed by atoms with Crippen molar-refractivity contribution < 1.29 is 4.79 Å². The van der Waals surface area contributed by atoms with Gasteiger partial charge in [0.25, 0.3) is 0 Å². The first-order valence-corrected chi connectivity index (χ1v) is 8.44. The molecule has 0 unspecified atom stereocenters. The van der Waals surface area contributed by atoms with E-state index < -0.39 is 0 Å². The first-order chi connectivity index (χ1) is 8.77. The summed E-state index contributed by atoms with van der Waals surface area (Å²) in [5, 5.41) is 0.965. The molecule has 2 nitrogen and oxygen atoms in total. The van der Waals surface area contributed by atoms with Gasteiger partial charge in [0.15, 0.2) is 0 Å². The van der Waals surface area contributed by atoms with Gasteiger partial charge in [0.05, 0.1) is 0 Å². The molecule has 0 aliphatic carbocycles. The zero-order valence-electron chi connectivity index (χ0n) is 11.0. The van der Waals surface area contributed by atoms with Crippen LogP contribution >= 0.6 is 0 Å². The molecule has 0 heterocycles. The number of carbonyl (C=O) groups excluding carboxylic acids is 1. The van der Waals surface area contributed by atoms with E-state index in [2.05, 4.69) is 37.8 Å². The van der Waals surface area contributed by atoms with Crippen molar-refractivity contribution in [1.29, 1.82) is 0 Å². The van der Waals surface area contributed by atoms with Crippen LogP contribution in [0.5, 0.6) is 0 Å². The van der Waals surface area contributed by atoms with Crippen LogP contribution in [0.15, 0.2) is 43.1 Å². The Labute approximate surface area is 116 Å². The summed E-state index contributed by atoms with van der Waals surface area (Å²) in [5.41, 5.74) is 0. The SMILES string of the molecule is C=CN(CCCC)C(=O)CC[Se]c1ccccc1. The predicted molar refractivity (Wildman–Crippen MR) is 78.1 cm³/mol. The molecule has 0 N–H and O–H groups in total. The molecule has 1 rings (SSSR count). The van der Waals surface area contributed by atoms with Crippen LogP contribution in [0.4, 0.5) is 0 Å². The third-order valence-corrected chi connectivity index (χ3v) is 4.75. The van der Waals surface area contributed by atoms with Gasteiger partial charge in [-0.05, 0) is 0 Å². The van der Waals surface area contributed by atoms with Crippen LogP contribution in [0.2, 0.25) is 5.32 Å². The summed E-state index contributed by atoms with van der Waals surface area (Å²) in [7, 11) is 0. The molecule has 3 heteroatoms. The predicted octanol–water partition coefficient (Wildman–Crippen LogP) is 2.60. The Bertz CT molecular complexity index is 364. The maximum atomic E-state index is 11.9. The summed E-state index contributed by atoms with van der Waals surface area (Å²) in [6, 6.07) is 10.4. The first kappa shape index (κ1) is 15.0. The summed E-state index contributed by atoms with van der Waals surface area (Å²) in [6.07, 6.45) is 4.44. The Hall–Kier alpha value is -1.05. The summed E-state index contributed by atoms with van der Waals surface area (Å²) in [4.78, 5) is 13.7. The van der Waals surface area contributed by atoms with Crippen molar-refractivity contribution in [3.63, 3.8) is 0 Å². The fourth-order valence-corrected chi connectivity index (χ4v) is 3.37. The van der Waals surface area contributed by atoms with Crippen molar-refractivity contribution in [3.05, 3.63) is 43.1 Å². The molecule has 1 aromatic rings. The van der Waals surface area contributed by atoms with Gasteiger partial charge in [0.1, 0.15) is 0 Å². The van der Waals surface area contributed by atoms with Crippen molar-refractivity contribution in [3.8, 4) is 0 Å². The third kappa shape index (κ3) is 5.52. The van der Waals surface area contributed by atoms with E-state index >= 15 is 0 Å². The van der Waals surface area contributed by atoms with Gasteiger partial charge in [-0.2, -0.15) is 0 Å². The van der Waals surface area contributed by atoms with Crippen molar-refractivity contribution >= 4 is 25.3 Å². The number of hydrogen-bond acceptors (Lipinski definition) is 1. The van der Waals surface area contributed by atoms with E-state index in [1.54, 1.807) is 11.1 Å². The summed E-state index contributed by atoms with van der Waals surface area (Å²) >= 11 is 0.397. The number of unbranched alkanes of at least 4 members (excludes halogenated alkanes) is 1. The zero-order chi connectivity index (χ0) is 13.2. The second-order valence-electron chi connectivity index (χ2n) is 4.03. The molecule has 1 amide bonds. The number of carbonyl (C=O) groups is 1. The molecule has 0 saturated heterocycles. The summed E-state index contributed by atoms with van der Waals surface area (Å²) in [5.74, 6) is 0.205. The fraction of sp³-hybridized carbons (Fsp3) is 0.400. The van der Waals surface area contributed by atoms with Crippen LogP contribution in [0, 0.1) is 0 Å². The van der Waals surface area contributed by atoms with Gasteiger partial charge in [-0.3, -0.25) is 0 Å². The van der Waals surface area contributed by atoms with E-state index in [1.807, 2.05) is 6.07 Å². The molecular formula is C15H21NOSe. The van der Waals surface area contributed by atoms with Crippen molar-refractivity contribution in [2.75, 3.05) is 6.54 Å². The van der Waals surface area contributed by atoms with Crippen molar-refractivity contribution in [2.45, 2.75) is 31.5 Å². The average Bonchev–Trinajstić information content (AvgIpc) is 2.41. The second kappa shape index (κ2) is 8.96. The summed E-state index contributed by atoms with van der Waals surface area (Å²) < 4.78 is 1.36. The average molecular weight is 310 g/mol. The van der Waals surface area contributed by atoms with Gasteiger partial charge in [-0.15, -0.1) is 0 Å². The fourth-order valence-electron chi connectivity index (χ4n) is 1.56. The van der Waals surface area contributed by atoms with Gasteiger partial charge < -0.3 is 0 Å². The minimum absolute atomic E-state index is 0.205. The second-order valence-corrected chi connectivity index (χ2v) is 6.49. The van der Waals surface area contributed by atoms with Crippen molar-refractivity contribution in [1.82, 2.24) is 4.90 Å². The van der Waals surface area contributed by atoms with E-state index in [0.717, 1.165) is 24.7 Å². The van der Waals surface area contributed by atoms with Gasteiger partial charge in [0.2, 0.25) is 0 Å². The molecule has 98 valence electrons. The van der Waals surface area contributed by atoms with E-state index in [1.165, 1.54) is 4.46 Å². The number of amides is 1. The normalized spacial score (nSPS) is 10.1. The number of nitrogens with zero attached hydrogens (tertiary/aromatic N) is 1. The zero-order valence-corrected chi connectivity index (χ0v) is 12.7. The molecule has 0 aliphatic heterocycles. The summed E-state index contributed by atoms with van der Waals surface area (Å²) in [6.45, 7) is 6.64. The Kier molecular flexibility index (Phi) is 7.47. The monoisotopic (exact) mass is 311 g/mol. The topological polar surface area (TPSA) is 20.3 Å². The maximum absolute atomic E-state index is 11.9. The molecule has 1 aromatic carbocycles. The molecule has 0 aliphatic rings. The van der Waals surface area contributed by atoms with Gasteiger partial charge in [-0.1, -0.05) is 0 Å². The van der Waals surface area contributed by atoms with Crippen molar-refractivity contribution in [2.24, 2.45) is 0 Å². The van der Waals surface area contributed by atoms with Crippen LogP contribution in [-0.2, 0) is 4.79 Å². The molecule has 0 bridgehead atoms. The number of rotatable bonds is 8. The van der Waals surface area contributed by atoms with E-state index in [-0.39, 0.29) is 5.91 Å². The molecule has 0 saturated carbocycles.